The molecule has 1 aromatic carbocycles. The Balaban J connectivity index is 2.37. The summed E-state index contributed by atoms with van der Waals surface area (Å²) in [6, 6.07) is 4.19. The Kier molecular flexibility index (Phi) is 3.49. The van der Waals surface area contributed by atoms with Gasteiger partial charge < -0.3 is 10.5 Å². The smallest absolute Gasteiger partial charge is 0.153 e. The number of rotatable bonds is 2. The number of hydrogen-bond acceptors (Lipinski definition) is 3. The molecule has 0 unspecified atom stereocenters. The fourth-order valence-corrected chi connectivity index (χ4v) is 1.72. The number of nitrogens with zero attached hydrogens (tertiary/aromatic N) is 1. The maximum Gasteiger partial charge on any atom is 0.153 e. The minimum atomic E-state index is -0.459. The molecule has 1 aromatic heterocycles. The normalized spacial score (nSPS) is 10.3. The van der Waals surface area contributed by atoms with Gasteiger partial charge in [0, 0.05) is 24.5 Å². The molecule has 0 radical (unpaired) electrons. The Hall–Kier alpha value is -1.33. The molecule has 0 saturated carbocycles. The largest absolute Gasteiger partial charge is 0.453 e. The van der Waals surface area contributed by atoms with E-state index in [1.807, 2.05) is 0 Å². The molecule has 2 rings (SSSR count). The second-order valence-corrected chi connectivity index (χ2v) is 4.47. The van der Waals surface area contributed by atoms with E-state index in [9.17, 15) is 4.39 Å². The van der Waals surface area contributed by atoms with Crippen molar-refractivity contribution in [2.45, 2.75) is 0 Å². The summed E-state index contributed by atoms with van der Waals surface area (Å²) in [7, 11) is 0. The van der Waals surface area contributed by atoms with Gasteiger partial charge >= 0.3 is 0 Å². The van der Waals surface area contributed by atoms with Crippen molar-refractivity contribution in [1.82, 2.24) is 4.98 Å². The van der Waals surface area contributed by atoms with Gasteiger partial charge in [0.05, 0.1) is 10.2 Å². The molecule has 0 aliphatic rings. The summed E-state index contributed by atoms with van der Waals surface area (Å²) in [6.45, 7) is 0. The third kappa shape index (κ3) is 2.68. The molecule has 0 aliphatic carbocycles. The number of nitrogen functional groups attached to an aromatic ring is 1. The fourth-order valence-electron chi connectivity index (χ4n) is 1.20. The van der Waals surface area contributed by atoms with Crippen molar-refractivity contribution in [2.75, 3.05) is 5.73 Å². The van der Waals surface area contributed by atoms with E-state index < -0.39 is 5.82 Å². The number of pyridine rings is 1. The van der Waals surface area contributed by atoms with Crippen molar-refractivity contribution < 1.29 is 9.13 Å². The summed E-state index contributed by atoms with van der Waals surface area (Å²) < 4.78 is 19.0. The number of hydrogen-bond donors (Lipinski definition) is 1. The predicted molar refractivity (Wildman–Crippen MR) is 67.8 cm³/mol. The molecule has 2 N–H and O–H groups in total. The van der Waals surface area contributed by atoms with Crippen LogP contribution in [-0.2, 0) is 0 Å². The van der Waals surface area contributed by atoms with E-state index in [-0.39, 0.29) is 10.2 Å². The number of aromatic nitrogens is 1. The van der Waals surface area contributed by atoms with Gasteiger partial charge in [-0.15, -0.1) is 0 Å². The first-order chi connectivity index (χ1) is 8.08. The van der Waals surface area contributed by atoms with E-state index in [1.165, 1.54) is 24.5 Å². The highest BCUT2D eigenvalue weighted by Crippen LogP contribution is 2.34. The maximum absolute atomic E-state index is 13.3. The predicted octanol–water partition coefficient (Wildman–Crippen LogP) is 4.01. The third-order valence-corrected chi connectivity index (χ3v) is 2.90. The summed E-state index contributed by atoms with van der Waals surface area (Å²) in [5, 5.41) is 0.329. The molecule has 0 atom stereocenters. The van der Waals surface area contributed by atoms with Gasteiger partial charge in [-0.1, -0.05) is 11.6 Å². The molecule has 6 heteroatoms. The van der Waals surface area contributed by atoms with Crippen LogP contribution in [0.1, 0.15) is 0 Å². The van der Waals surface area contributed by atoms with Gasteiger partial charge in [0.25, 0.3) is 0 Å². The van der Waals surface area contributed by atoms with E-state index in [1.54, 1.807) is 6.07 Å². The van der Waals surface area contributed by atoms with Gasteiger partial charge in [-0.25, -0.2) is 4.39 Å². The van der Waals surface area contributed by atoms with Crippen LogP contribution in [0.5, 0.6) is 11.5 Å². The van der Waals surface area contributed by atoms with E-state index in [0.717, 1.165) is 0 Å². The zero-order chi connectivity index (χ0) is 12.4. The lowest BCUT2D eigenvalue weighted by atomic mass is 10.3. The van der Waals surface area contributed by atoms with Crippen LogP contribution in [0.25, 0.3) is 0 Å². The zero-order valence-corrected chi connectivity index (χ0v) is 10.8. The summed E-state index contributed by atoms with van der Waals surface area (Å²) in [4.78, 5) is 3.82. The van der Waals surface area contributed by atoms with E-state index in [2.05, 4.69) is 20.9 Å². The first-order valence-electron chi connectivity index (χ1n) is 4.60. The molecule has 0 fully saturated rings. The molecule has 88 valence electrons. The average molecular weight is 318 g/mol. The van der Waals surface area contributed by atoms with Gasteiger partial charge in [-0.05, 0) is 22.0 Å². The Morgan fingerprint density at radius 2 is 2.12 bits per heavy atom. The molecular weight excluding hydrogens is 310 g/mol. The molecule has 0 aliphatic heterocycles. The standard InChI is InChI=1S/C11H7BrClFN2O/c12-6-3-9(15)11(4-8(6)14)17-10-1-2-16-5-7(10)13/h1-5H,15H2. The monoisotopic (exact) mass is 316 g/mol. The number of nitrogens with two attached hydrogens (primary N) is 1. The van der Waals surface area contributed by atoms with Crippen molar-refractivity contribution in [3.8, 4) is 11.5 Å². The Labute approximate surface area is 110 Å². The van der Waals surface area contributed by atoms with Crippen molar-refractivity contribution in [1.29, 1.82) is 0 Å². The van der Waals surface area contributed by atoms with Gasteiger partial charge in [0.15, 0.2) is 5.75 Å². The Bertz CT molecular complexity index is 565. The van der Waals surface area contributed by atoms with Crippen LogP contribution in [0.3, 0.4) is 0 Å². The lowest BCUT2D eigenvalue weighted by Gasteiger charge is -2.10. The van der Waals surface area contributed by atoms with Crippen molar-refractivity contribution >= 4 is 33.2 Å². The second kappa shape index (κ2) is 4.89. The molecule has 0 amide bonds. The zero-order valence-electron chi connectivity index (χ0n) is 8.45. The van der Waals surface area contributed by atoms with Crippen LogP contribution in [0.2, 0.25) is 5.02 Å². The van der Waals surface area contributed by atoms with E-state index in [0.29, 0.717) is 16.5 Å². The summed E-state index contributed by atoms with van der Waals surface area (Å²) in [5.41, 5.74) is 6.02. The fraction of sp³-hybridized carbons (Fsp3) is 0. The van der Waals surface area contributed by atoms with Crippen LogP contribution in [0.15, 0.2) is 35.1 Å². The highest BCUT2D eigenvalue weighted by atomic mass is 79.9. The van der Waals surface area contributed by atoms with Crippen molar-refractivity contribution in [2.24, 2.45) is 0 Å². The highest BCUT2D eigenvalue weighted by molar-refractivity contribution is 9.10. The molecule has 2 aromatic rings. The lowest BCUT2D eigenvalue weighted by Crippen LogP contribution is -1.94. The van der Waals surface area contributed by atoms with E-state index >= 15 is 0 Å². The quantitative estimate of drug-likeness (QED) is 0.851. The molecule has 1 heterocycles. The van der Waals surface area contributed by atoms with Crippen LogP contribution < -0.4 is 10.5 Å². The second-order valence-electron chi connectivity index (χ2n) is 3.21. The minimum Gasteiger partial charge on any atom is -0.453 e. The first kappa shape index (κ1) is 12.1. The molecular formula is C11H7BrClFN2O. The number of ether oxygens (including phenoxy) is 1. The van der Waals surface area contributed by atoms with Crippen LogP contribution in [-0.4, -0.2) is 4.98 Å². The SMILES string of the molecule is Nc1cc(Br)c(F)cc1Oc1ccncc1Cl. The van der Waals surface area contributed by atoms with E-state index in [4.69, 9.17) is 22.1 Å². The first-order valence-corrected chi connectivity index (χ1v) is 5.77. The Morgan fingerprint density at radius 3 is 2.82 bits per heavy atom. The maximum atomic E-state index is 13.3. The van der Waals surface area contributed by atoms with Crippen LogP contribution >= 0.6 is 27.5 Å². The third-order valence-electron chi connectivity index (χ3n) is 2.01. The molecule has 17 heavy (non-hydrogen) atoms. The Morgan fingerprint density at radius 1 is 1.35 bits per heavy atom. The topological polar surface area (TPSA) is 48.1 Å². The number of halogens is 3. The van der Waals surface area contributed by atoms with Gasteiger partial charge in [0.1, 0.15) is 16.6 Å². The average Bonchev–Trinajstić information content (AvgIpc) is 2.29. The van der Waals surface area contributed by atoms with Crippen LogP contribution in [0, 0.1) is 5.82 Å². The van der Waals surface area contributed by atoms with Gasteiger partial charge in [-0.2, -0.15) is 0 Å². The van der Waals surface area contributed by atoms with Crippen LogP contribution in [0.4, 0.5) is 10.1 Å². The molecule has 3 nitrogen and oxygen atoms in total. The van der Waals surface area contributed by atoms with Gasteiger partial charge in [0.2, 0.25) is 0 Å². The summed E-state index contributed by atoms with van der Waals surface area (Å²) in [5.74, 6) is 0.119. The molecule has 0 spiro atoms. The number of anilines is 1. The highest BCUT2D eigenvalue weighted by Gasteiger charge is 2.09. The lowest BCUT2D eigenvalue weighted by molar-refractivity contribution is 0.478. The summed E-state index contributed by atoms with van der Waals surface area (Å²) in [6.07, 6.45) is 2.95. The van der Waals surface area contributed by atoms with Gasteiger partial charge in [-0.3, -0.25) is 4.98 Å². The molecule has 0 bridgehead atoms. The molecule has 0 saturated heterocycles. The minimum absolute atomic E-state index is 0.207. The van der Waals surface area contributed by atoms with Crippen molar-refractivity contribution in [3.63, 3.8) is 0 Å². The number of benzene rings is 1. The van der Waals surface area contributed by atoms with Crippen molar-refractivity contribution in [3.05, 3.63) is 45.9 Å². The summed E-state index contributed by atoms with van der Waals surface area (Å²) >= 11 is 8.90.